The van der Waals surface area contributed by atoms with Gasteiger partial charge in [0.25, 0.3) is 17.7 Å². The van der Waals surface area contributed by atoms with Crippen molar-refractivity contribution in [1.29, 1.82) is 0 Å². The van der Waals surface area contributed by atoms with Gasteiger partial charge in [-0.15, -0.1) is 0 Å². The molecule has 14 rings (SSSR count). The van der Waals surface area contributed by atoms with E-state index in [1.165, 1.54) is 31.7 Å². The van der Waals surface area contributed by atoms with E-state index < -0.39 is 30.1 Å². The highest BCUT2D eigenvalue weighted by atomic mass is 79.9. The van der Waals surface area contributed by atoms with Gasteiger partial charge in [-0.1, -0.05) is 47.8 Å². The number of likely N-dealkylation sites (N-methyl/N-ethyl adjacent to an activating group) is 1. The van der Waals surface area contributed by atoms with E-state index in [0.29, 0.717) is 157 Å². The maximum atomic E-state index is 13.1. The van der Waals surface area contributed by atoms with Gasteiger partial charge < -0.3 is 41.8 Å². The predicted molar refractivity (Wildman–Crippen MR) is 449 cm³/mol. The number of nitrogens with two attached hydrogens (primary N) is 1. The molecule has 0 spiro atoms. The summed E-state index contributed by atoms with van der Waals surface area (Å²) >= 11 is 10.3. The molecule has 2 atom stereocenters. The fourth-order valence-electron chi connectivity index (χ4n) is 14.2. The van der Waals surface area contributed by atoms with Gasteiger partial charge in [-0.25, -0.2) is 39.3 Å². The van der Waals surface area contributed by atoms with Gasteiger partial charge in [0.2, 0.25) is 41.9 Å². The molecule has 5 fully saturated rings. The topological polar surface area (TPSA) is 359 Å². The van der Waals surface area contributed by atoms with E-state index in [-0.39, 0.29) is 72.3 Å². The van der Waals surface area contributed by atoms with Crippen LogP contribution in [-0.4, -0.2) is 214 Å². The van der Waals surface area contributed by atoms with Crippen LogP contribution in [0.3, 0.4) is 0 Å². The third kappa shape index (κ3) is 19.9. The molecular weight excluding hydrogens is 1700 g/mol. The Labute approximate surface area is 683 Å². The van der Waals surface area contributed by atoms with Crippen molar-refractivity contribution in [2.45, 2.75) is 94.4 Å². The molecule has 5 aliphatic rings. The average Bonchev–Trinajstić information content (AvgIpc) is 1.56. The Balaban J connectivity index is 0.000000158. The largest absolute Gasteiger partial charge is 0.381 e. The summed E-state index contributed by atoms with van der Waals surface area (Å²) in [4.78, 5) is 66.1. The normalized spacial score (nSPS) is 16.7. The van der Waals surface area contributed by atoms with Crippen molar-refractivity contribution in [3.63, 3.8) is 0 Å². The lowest BCUT2D eigenvalue weighted by Gasteiger charge is -2.31. The lowest BCUT2D eigenvalue weighted by molar-refractivity contribution is -0.131. The Morgan fingerprint density at radius 1 is 0.478 bits per heavy atom. The van der Waals surface area contributed by atoms with E-state index in [1.54, 1.807) is 53.4 Å². The number of anilines is 3. The number of ether oxygens (including phenoxy) is 2. The number of carbonyl (C=O) groups is 5. The second kappa shape index (κ2) is 36.2. The number of nitrogens with zero attached hydrogens (tertiary/aromatic N) is 10. The molecule has 2 saturated heterocycles. The van der Waals surface area contributed by atoms with Gasteiger partial charge in [0.1, 0.15) is 23.1 Å². The summed E-state index contributed by atoms with van der Waals surface area (Å²) in [6, 6.07) is 33.3. The molecule has 7 N–H and O–H groups in total. The number of aromatic nitrogens is 6. The standard InChI is InChI=1S/C28H35BrN6O5S.C28H34BrN5O5S.C22H26BrN5O3S/c1-30-28(37)26-22-15-21(18-5-6-18)24(16-23(22)32-35(26)20-9-7-19(29)8-10-20)34(41(3,38)39)12-4-11-31-27(36)25-17-40-14-13-33(25)2;1-30-28(36)26-23-15-22(18-6-7-18)25(16-24(23)32-34(26)21-10-8-20(29)9-11-21)33(40(2,37)38)13-4-12-31-27(35)19-5-3-14-39-17-19;1-25-22(29)21-18-12-17(14-4-5-14)20(27(11-3-10-24)32(2,30)31)13-19(18)26-28(21)16-8-6-15(23)7-9-16/h7-10,15-16,18,25H,4-6,11-14,17H2,1-3H3,(H,30,37)(H,31,36);8-11,15-16,18-19H,3-7,12-14,17H2,1-2H3,(H,30,36)(H,31,35);6-9,12-14H,3-5,10-11,24H2,1-2H3,(H,25,29)/t25-;19-;/m11./s1. The Kier molecular flexibility index (Phi) is 26.9. The van der Waals surface area contributed by atoms with Gasteiger partial charge in [0.05, 0.1) is 95.2 Å². The number of hydrogen-bond donors (Lipinski definition) is 6. The molecule has 5 heterocycles. The maximum absolute atomic E-state index is 13.1. The molecule has 2 aliphatic heterocycles. The number of fused-ring (bicyclic) bond motifs is 3. The molecule has 6 aromatic carbocycles. The van der Waals surface area contributed by atoms with E-state index in [0.717, 1.165) is 87.2 Å². The van der Waals surface area contributed by atoms with Crippen molar-refractivity contribution in [2.24, 2.45) is 11.7 Å². The van der Waals surface area contributed by atoms with Crippen LogP contribution >= 0.6 is 47.8 Å². The number of morpholine rings is 1. The zero-order valence-electron chi connectivity index (χ0n) is 64.1. The molecule has 0 bridgehead atoms. The van der Waals surface area contributed by atoms with Crippen LogP contribution < -0.4 is 45.2 Å². The molecule has 29 nitrogen and oxygen atoms in total. The summed E-state index contributed by atoms with van der Waals surface area (Å²) in [7, 11) is -4.17. The number of nitrogens with one attached hydrogen (secondary N) is 5. The summed E-state index contributed by atoms with van der Waals surface area (Å²) in [6.45, 7) is 4.53. The molecular formula is C78H95Br3N16O13S3. The van der Waals surface area contributed by atoms with Gasteiger partial charge in [-0.05, 0) is 228 Å². The molecule has 113 heavy (non-hydrogen) atoms. The monoisotopic (exact) mass is 1800 g/mol. The van der Waals surface area contributed by atoms with Gasteiger partial charge in [-0.2, -0.15) is 15.3 Å². The Hall–Kier alpha value is -8.39. The lowest BCUT2D eigenvalue weighted by Crippen LogP contribution is -2.52. The number of rotatable bonds is 28. The lowest BCUT2D eigenvalue weighted by atomic mass is 10.0. The van der Waals surface area contributed by atoms with E-state index in [2.05, 4.69) is 74.4 Å². The number of carbonyl (C=O) groups excluding carboxylic acids is 5. The van der Waals surface area contributed by atoms with Crippen molar-refractivity contribution >= 4 is 157 Å². The van der Waals surface area contributed by atoms with Gasteiger partial charge in [0, 0.05) is 96.6 Å². The van der Waals surface area contributed by atoms with Crippen molar-refractivity contribution in [2.75, 3.05) is 132 Å². The zero-order chi connectivity index (χ0) is 80.8. The third-order valence-corrected chi connectivity index (χ3v) is 25.7. The first kappa shape index (κ1) is 84.0. The molecule has 604 valence electrons. The highest BCUT2D eigenvalue weighted by Gasteiger charge is 2.37. The smallest absolute Gasteiger partial charge is 0.270 e. The Morgan fingerprint density at radius 2 is 0.814 bits per heavy atom. The Morgan fingerprint density at radius 3 is 1.12 bits per heavy atom. The van der Waals surface area contributed by atoms with E-state index in [9.17, 15) is 49.2 Å². The van der Waals surface area contributed by atoms with Crippen LogP contribution in [0.4, 0.5) is 17.1 Å². The summed E-state index contributed by atoms with van der Waals surface area (Å²) in [5, 5.41) is 30.2. The van der Waals surface area contributed by atoms with Crippen LogP contribution in [0.25, 0.3) is 49.8 Å². The molecule has 5 amide bonds. The van der Waals surface area contributed by atoms with Crippen LogP contribution in [0.15, 0.2) is 123 Å². The minimum Gasteiger partial charge on any atom is -0.381 e. The van der Waals surface area contributed by atoms with Crippen LogP contribution in [0.2, 0.25) is 0 Å². The van der Waals surface area contributed by atoms with Crippen LogP contribution in [0, 0.1) is 5.92 Å². The minimum atomic E-state index is -3.65. The highest BCUT2D eigenvalue weighted by Crippen LogP contribution is 2.50. The number of halogens is 3. The number of benzene rings is 6. The van der Waals surface area contributed by atoms with E-state index >= 15 is 0 Å². The molecule has 9 aromatic rings. The highest BCUT2D eigenvalue weighted by molar-refractivity contribution is 9.11. The van der Waals surface area contributed by atoms with Gasteiger partial charge in [0.15, 0.2) is 0 Å². The molecule has 0 radical (unpaired) electrons. The van der Waals surface area contributed by atoms with Crippen molar-refractivity contribution in [1.82, 2.24) is 60.8 Å². The fourth-order valence-corrected chi connectivity index (χ4v) is 17.9. The van der Waals surface area contributed by atoms with Crippen LogP contribution in [0.1, 0.15) is 137 Å². The molecule has 35 heteroatoms. The molecule has 3 saturated carbocycles. The van der Waals surface area contributed by atoms with Gasteiger partial charge in [-0.3, -0.25) is 41.8 Å². The van der Waals surface area contributed by atoms with Crippen LogP contribution in [0.5, 0.6) is 0 Å². The second-order valence-electron chi connectivity index (χ2n) is 29.0. The second-order valence-corrected chi connectivity index (χ2v) is 37.4. The van der Waals surface area contributed by atoms with Crippen LogP contribution in [-0.2, 0) is 49.1 Å². The maximum Gasteiger partial charge on any atom is 0.270 e. The summed E-state index contributed by atoms with van der Waals surface area (Å²) < 4.78 is 100. The molecule has 3 aromatic heterocycles. The Bertz CT molecular complexity index is 5380. The first-order chi connectivity index (χ1) is 54.0. The summed E-state index contributed by atoms with van der Waals surface area (Å²) in [5.41, 5.74) is 15.1. The third-order valence-electron chi connectivity index (χ3n) is 20.5. The van der Waals surface area contributed by atoms with Crippen molar-refractivity contribution < 1.29 is 58.7 Å². The van der Waals surface area contributed by atoms with Crippen molar-refractivity contribution in [3.8, 4) is 17.1 Å². The van der Waals surface area contributed by atoms with E-state index in [1.807, 2.05) is 103 Å². The average molecular weight is 1800 g/mol. The van der Waals surface area contributed by atoms with Gasteiger partial charge >= 0.3 is 0 Å². The first-order valence-corrected chi connectivity index (χ1v) is 45.6. The number of hydrogen-bond acceptors (Lipinski definition) is 18. The fraction of sp³-hybridized carbons (Fsp3) is 0.436. The summed E-state index contributed by atoms with van der Waals surface area (Å²) in [5.74, 6) is -0.466. The summed E-state index contributed by atoms with van der Waals surface area (Å²) in [6.07, 6.45) is 12.5. The predicted octanol–water partition coefficient (Wildman–Crippen LogP) is 9.49. The SMILES string of the molecule is CNC(=O)c1c2cc(C3CC3)c(N(CCCN)S(C)(=O)=O)cc2nn1-c1ccc(Br)cc1.CNC(=O)c1c2cc(C3CC3)c(N(CCCNC(=O)[C@@H]3CCCOC3)S(C)(=O)=O)cc2nn1-c1ccc(Br)cc1.CNC(=O)c1c2cc(C3CC3)c(N(CCCNC(=O)[C@H]3COCCN3C)S(C)(=O)=O)cc2nn1-c1ccc(Br)cc1. The quantitative estimate of drug-likeness (QED) is 0.0248. The molecule has 0 unspecified atom stereocenters. The number of sulfonamides is 3. The number of amides is 5. The first-order valence-electron chi connectivity index (χ1n) is 37.7. The van der Waals surface area contributed by atoms with Crippen molar-refractivity contribution in [3.05, 3.63) is 156 Å². The molecule has 3 aliphatic carbocycles. The minimum absolute atomic E-state index is 0.0501. The zero-order valence-corrected chi connectivity index (χ0v) is 71.3. The van der Waals surface area contributed by atoms with E-state index in [4.69, 9.17) is 30.5 Å².